The second kappa shape index (κ2) is 8.04. The molecule has 0 bridgehead atoms. The van der Waals surface area contributed by atoms with Gasteiger partial charge in [-0.15, -0.1) is 0 Å². The summed E-state index contributed by atoms with van der Waals surface area (Å²) in [5.41, 5.74) is 2.95. The predicted molar refractivity (Wildman–Crippen MR) is 101 cm³/mol. The van der Waals surface area contributed by atoms with Crippen LogP contribution >= 0.6 is 0 Å². The van der Waals surface area contributed by atoms with Crippen LogP contribution in [0.1, 0.15) is 24.5 Å². The summed E-state index contributed by atoms with van der Waals surface area (Å²) in [5, 5.41) is 2.98. The van der Waals surface area contributed by atoms with Gasteiger partial charge in [0.25, 0.3) is 0 Å². The van der Waals surface area contributed by atoms with E-state index in [2.05, 4.69) is 5.32 Å². The maximum Gasteiger partial charge on any atom is 0.229 e. The molecule has 2 amide bonds. The largest absolute Gasteiger partial charge is 0.494 e. The van der Waals surface area contributed by atoms with E-state index in [9.17, 15) is 9.59 Å². The number of aryl methyl sites for hydroxylation is 1. The Labute approximate surface area is 154 Å². The second-order valence-electron chi connectivity index (χ2n) is 6.56. The number of nitrogens with zero attached hydrogens (tertiary/aromatic N) is 1. The number of hydrogen-bond acceptors (Lipinski definition) is 3. The molecule has 1 atom stereocenters. The molecule has 1 heterocycles. The van der Waals surface area contributed by atoms with Gasteiger partial charge in [-0.25, -0.2) is 0 Å². The van der Waals surface area contributed by atoms with Crippen LogP contribution in [0, 0.1) is 6.92 Å². The van der Waals surface area contributed by atoms with E-state index >= 15 is 0 Å². The minimum absolute atomic E-state index is 0.0419. The third kappa shape index (κ3) is 4.42. The van der Waals surface area contributed by atoms with E-state index < -0.39 is 0 Å². The zero-order valence-corrected chi connectivity index (χ0v) is 15.2. The quantitative estimate of drug-likeness (QED) is 0.870. The third-order valence-electron chi connectivity index (χ3n) is 4.43. The Kier molecular flexibility index (Phi) is 5.56. The molecule has 1 aliphatic heterocycles. The highest BCUT2D eigenvalue weighted by atomic mass is 16.5. The molecule has 0 aromatic heterocycles. The van der Waals surface area contributed by atoms with Gasteiger partial charge in [0.1, 0.15) is 5.75 Å². The molecule has 26 heavy (non-hydrogen) atoms. The summed E-state index contributed by atoms with van der Waals surface area (Å²) in [6.45, 7) is 5.08. The third-order valence-corrected chi connectivity index (χ3v) is 4.43. The molecule has 0 unspecified atom stereocenters. The van der Waals surface area contributed by atoms with Crippen molar-refractivity contribution in [2.24, 2.45) is 0 Å². The molecule has 0 aliphatic carbocycles. The molecule has 1 saturated heterocycles. The van der Waals surface area contributed by atoms with Crippen molar-refractivity contribution < 1.29 is 14.3 Å². The molecule has 0 radical (unpaired) electrons. The molecule has 2 aromatic carbocycles. The molecular formula is C21H24N2O3. The number of anilines is 1. The number of nitrogens with one attached hydrogen (secondary N) is 1. The maximum atomic E-state index is 12.3. The summed E-state index contributed by atoms with van der Waals surface area (Å²) in [6.07, 6.45) is 0.629. The van der Waals surface area contributed by atoms with Gasteiger partial charge in [0.15, 0.2) is 0 Å². The van der Waals surface area contributed by atoms with Crippen LogP contribution < -0.4 is 15.0 Å². The van der Waals surface area contributed by atoms with E-state index in [-0.39, 0.29) is 17.9 Å². The van der Waals surface area contributed by atoms with E-state index in [4.69, 9.17) is 4.74 Å². The Balaban J connectivity index is 1.55. The predicted octanol–water partition coefficient (Wildman–Crippen LogP) is 2.86. The number of carbonyl (C=O) groups is 2. The first-order valence-corrected chi connectivity index (χ1v) is 8.93. The molecule has 3 rings (SSSR count). The van der Waals surface area contributed by atoms with Crippen molar-refractivity contribution in [3.63, 3.8) is 0 Å². The van der Waals surface area contributed by atoms with Crippen LogP contribution in [0.15, 0.2) is 48.5 Å². The normalized spacial score (nSPS) is 16.6. The van der Waals surface area contributed by atoms with Crippen LogP contribution in [0.2, 0.25) is 0 Å². The van der Waals surface area contributed by atoms with E-state index in [0.29, 0.717) is 26.0 Å². The molecule has 5 heteroatoms. The summed E-state index contributed by atoms with van der Waals surface area (Å²) >= 11 is 0. The first kappa shape index (κ1) is 18.0. The van der Waals surface area contributed by atoms with Crippen molar-refractivity contribution in [2.75, 3.05) is 18.1 Å². The van der Waals surface area contributed by atoms with Gasteiger partial charge in [-0.3, -0.25) is 9.59 Å². The molecule has 136 valence electrons. The zero-order valence-electron chi connectivity index (χ0n) is 15.2. The highest BCUT2D eigenvalue weighted by Gasteiger charge is 2.31. The van der Waals surface area contributed by atoms with Gasteiger partial charge in [-0.1, -0.05) is 29.8 Å². The number of hydrogen-bond donors (Lipinski definition) is 1. The zero-order chi connectivity index (χ0) is 18.5. The summed E-state index contributed by atoms with van der Waals surface area (Å²) in [4.78, 5) is 26.3. The number of benzene rings is 2. The molecule has 2 aromatic rings. The Morgan fingerprint density at radius 3 is 2.50 bits per heavy atom. The highest BCUT2D eigenvalue weighted by Crippen LogP contribution is 2.22. The van der Waals surface area contributed by atoms with Crippen molar-refractivity contribution >= 4 is 17.5 Å². The molecular weight excluding hydrogens is 328 g/mol. The minimum atomic E-state index is -0.154. The topological polar surface area (TPSA) is 58.6 Å². The fourth-order valence-corrected chi connectivity index (χ4v) is 3.11. The van der Waals surface area contributed by atoms with Gasteiger partial charge in [-0.2, -0.15) is 0 Å². The number of rotatable bonds is 6. The fraction of sp³-hybridized carbons (Fsp3) is 0.333. The smallest absolute Gasteiger partial charge is 0.229 e. The lowest BCUT2D eigenvalue weighted by atomic mass is 10.1. The average molecular weight is 352 g/mol. The summed E-state index contributed by atoms with van der Waals surface area (Å²) in [5.74, 6) is 0.768. The van der Waals surface area contributed by atoms with Gasteiger partial charge in [0.05, 0.1) is 19.1 Å². The number of ether oxygens (including phenoxy) is 1. The maximum absolute atomic E-state index is 12.3. The van der Waals surface area contributed by atoms with Gasteiger partial charge in [-0.05, 0) is 43.7 Å². The van der Waals surface area contributed by atoms with Crippen molar-refractivity contribution in [1.29, 1.82) is 0 Å². The van der Waals surface area contributed by atoms with Crippen LogP contribution in [-0.2, 0) is 16.0 Å². The first-order chi connectivity index (χ1) is 12.5. The summed E-state index contributed by atoms with van der Waals surface area (Å²) in [7, 11) is 0. The van der Waals surface area contributed by atoms with Crippen LogP contribution in [0.4, 0.5) is 5.69 Å². The number of amides is 2. The van der Waals surface area contributed by atoms with Crippen molar-refractivity contribution in [3.05, 3.63) is 59.7 Å². The van der Waals surface area contributed by atoms with Crippen LogP contribution in [0.3, 0.4) is 0 Å². The summed E-state index contributed by atoms with van der Waals surface area (Å²) < 4.78 is 5.40. The SMILES string of the molecule is CCOc1ccc(CC(=O)N[C@@H]2CC(=O)N(c3ccc(C)cc3)C2)cc1. The Morgan fingerprint density at radius 2 is 1.85 bits per heavy atom. The first-order valence-electron chi connectivity index (χ1n) is 8.93. The average Bonchev–Trinajstić information content (AvgIpc) is 2.97. The van der Waals surface area contributed by atoms with E-state index in [0.717, 1.165) is 22.6 Å². The van der Waals surface area contributed by atoms with Gasteiger partial charge in [0.2, 0.25) is 11.8 Å². The Morgan fingerprint density at radius 1 is 1.15 bits per heavy atom. The lowest BCUT2D eigenvalue weighted by Gasteiger charge is -2.17. The van der Waals surface area contributed by atoms with Crippen molar-refractivity contribution in [3.8, 4) is 5.75 Å². The van der Waals surface area contributed by atoms with E-state index in [1.54, 1.807) is 4.90 Å². The Hall–Kier alpha value is -2.82. The second-order valence-corrected chi connectivity index (χ2v) is 6.56. The van der Waals surface area contributed by atoms with Gasteiger partial charge in [0, 0.05) is 18.7 Å². The molecule has 1 aliphatic rings. The summed E-state index contributed by atoms with van der Waals surface area (Å²) in [6, 6.07) is 15.2. The van der Waals surface area contributed by atoms with E-state index in [1.807, 2.05) is 62.4 Å². The fourth-order valence-electron chi connectivity index (χ4n) is 3.11. The molecule has 1 N–H and O–H groups in total. The van der Waals surface area contributed by atoms with Gasteiger partial charge < -0.3 is 15.0 Å². The lowest BCUT2D eigenvalue weighted by molar-refractivity contribution is -0.121. The molecule has 0 saturated carbocycles. The molecule has 0 spiro atoms. The number of carbonyl (C=O) groups excluding carboxylic acids is 2. The van der Waals surface area contributed by atoms with Crippen LogP contribution in [-0.4, -0.2) is 31.0 Å². The lowest BCUT2D eigenvalue weighted by Crippen LogP contribution is -2.38. The molecule has 5 nitrogen and oxygen atoms in total. The highest BCUT2D eigenvalue weighted by molar-refractivity contribution is 5.96. The van der Waals surface area contributed by atoms with Crippen LogP contribution in [0.5, 0.6) is 5.75 Å². The van der Waals surface area contributed by atoms with Crippen LogP contribution in [0.25, 0.3) is 0 Å². The standard InChI is InChI=1S/C21H24N2O3/c1-3-26-19-10-6-16(7-11-19)12-20(24)22-17-13-21(25)23(14-17)18-8-4-15(2)5-9-18/h4-11,17H,3,12-14H2,1-2H3,(H,22,24)/t17-/m1/s1. The van der Waals surface area contributed by atoms with Crippen molar-refractivity contribution in [1.82, 2.24) is 5.32 Å². The molecule has 1 fully saturated rings. The van der Waals surface area contributed by atoms with E-state index in [1.165, 1.54) is 0 Å². The Bertz CT molecular complexity index is 769. The monoisotopic (exact) mass is 352 g/mol. The minimum Gasteiger partial charge on any atom is -0.494 e. The van der Waals surface area contributed by atoms with Crippen molar-refractivity contribution in [2.45, 2.75) is 32.7 Å². The van der Waals surface area contributed by atoms with Gasteiger partial charge >= 0.3 is 0 Å².